The quantitative estimate of drug-likeness (QED) is 0.439. The predicted octanol–water partition coefficient (Wildman–Crippen LogP) is 1.90. The minimum atomic E-state index is 0.617. The van der Waals surface area contributed by atoms with Crippen molar-refractivity contribution in [1.29, 1.82) is 0 Å². The van der Waals surface area contributed by atoms with Gasteiger partial charge < -0.3 is 4.90 Å². The van der Waals surface area contributed by atoms with Gasteiger partial charge >= 0.3 is 0 Å². The van der Waals surface area contributed by atoms with Crippen molar-refractivity contribution in [3.05, 3.63) is 24.7 Å². The molecule has 1 aromatic heterocycles. The number of halogens is 1. The molecule has 0 saturated heterocycles. The molecule has 0 amide bonds. The standard InChI is InChI=1S/C8H9ClN4S/c1-14-8-10-3-2-7(11-8)12-4-5-13(9)6-12/h2-5H,6H2,1H3. The summed E-state index contributed by atoms with van der Waals surface area (Å²) in [5, 5.41) is 0.768. The second kappa shape index (κ2) is 4.06. The molecule has 1 aliphatic heterocycles. The Balaban J connectivity index is 2.20. The van der Waals surface area contributed by atoms with Crippen LogP contribution in [-0.4, -0.2) is 27.3 Å². The molecule has 0 radical (unpaired) electrons. The first-order chi connectivity index (χ1) is 6.79. The summed E-state index contributed by atoms with van der Waals surface area (Å²) in [6.45, 7) is 0.617. The summed E-state index contributed by atoms with van der Waals surface area (Å²) in [6.07, 6.45) is 7.38. The molecule has 0 fully saturated rings. The van der Waals surface area contributed by atoms with Crippen molar-refractivity contribution in [3.8, 4) is 0 Å². The maximum Gasteiger partial charge on any atom is 0.189 e. The Morgan fingerprint density at radius 2 is 2.36 bits per heavy atom. The first-order valence-electron chi connectivity index (χ1n) is 4.04. The molecule has 0 aromatic carbocycles. The zero-order valence-electron chi connectivity index (χ0n) is 7.59. The van der Waals surface area contributed by atoms with Crippen LogP contribution in [0.25, 0.3) is 0 Å². The SMILES string of the molecule is CSc1nccc(N2C=CN(Cl)C2)n1. The van der Waals surface area contributed by atoms with Crippen molar-refractivity contribution in [1.82, 2.24) is 14.4 Å². The summed E-state index contributed by atoms with van der Waals surface area (Å²) < 4.78 is 1.57. The van der Waals surface area contributed by atoms with Gasteiger partial charge in [0.05, 0.1) is 0 Å². The van der Waals surface area contributed by atoms with Crippen LogP contribution < -0.4 is 4.90 Å². The Bertz CT molecular complexity index is 357. The molecule has 0 atom stereocenters. The van der Waals surface area contributed by atoms with E-state index in [0.29, 0.717) is 6.67 Å². The molecule has 0 aliphatic carbocycles. The van der Waals surface area contributed by atoms with E-state index < -0.39 is 0 Å². The Morgan fingerprint density at radius 3 is 3.00 bits per heavy atom. The lowest BCUT2D eigenvalue weighted by molar-refractivity contribution is 0.644. The summed E-state index contributed by atoms with van der Waals surface area (Å²) in [6, 6.07) is 1.86. The van der Waals surface area contributed by atoms with Gasteiger partial charge in [-0.15, -0.1) is 0 Å². The van der Waals surface area contributed by atoms with Gasteiger partial charge in [0.25, 0.3) is 0 Å². The van der Waals surface area contributed by atoms with E-state index in [-0.39, 0.29) is 0 Å². The average Bonchev–Trinajstić information content (AvgIpc) is 2.65. The summed E-state index contributed by atoms with van der Waals surface area (Å²) in [5.74, 6) is 0.865. The molecule has 74 valence electrons. The topological polar surface area (TPSA) is 32.3 Å². The number of hydrogen-bond acceptors (Lipinski definition) is 5. The number of rotatable bonds is 2. The zero-order valence-corrected chi connectivity index (χ0v) is 9.16. The molecule has 2 heterocycles. The summed E-state index contributed by atoms with van der Waals surface area (Å²) in [4.78, 5) is 10.4. The van der Waals surface area contributed by atoms with E-state index in [0.717, 1.165) is 11.0 Å². The summed E-state index contributed by atoms with van der Waals surface area (Å²) >= 11 is 7.31. The molecule has 1 aromatic rings. The minimum Gasteiger partial charge on any atom is -0.312 e. The lowest BCUT2D eigenvalue weighted by Crippen LogP contribution is -2.19. The molecule has 2 rings (SSSR count). The monoisotopic (exact) mass is 228 g/mol. The van der Waals surface area contributed by atoms with Gasteiger partial charge in [-0.3, -0.25) is 4.42 Å². The Labute approximate surface area is 91.7 Å². The van der Waals surface area contributed by atoms with Crippen molar-refractivity contribution in [2.45, 2.75) is 5.16 Å². The van der Waals surface area contributed by atoms with Gasteiger partial charge in [-0.1, -0.05) is 11.8 Å². The first-order valence-corrected chi connectivity index (χ1v) is 5.60. The fourth-order valence-electron chi connectivity index (χ4n) is 1.13. The lowest BCUT2D eigenvalue weighted by atomic mass is 10.5. The van der Waals surface area contributed by atoms with E-state index >= 15 is 0 Å². The van der Waals surface area contributed by atoms with E-state index in [9.17, 15) is 0 Å². The van der Waals surface area contributed by atoms with Gasteiger partial charge in [-0.25, -0.2) is 9.97 Å². The predicted molar refractivity (Wildman–Crippen MR) is 58.0 cm³/mol. The zero-order chi connectivity index (χ0) is 9.97. The molecule has 1 aliphatic rings. The van der Waals surface area contributed by atoms with Gasteiger partial charge in [-0.2, -0.15) is 0 Å². The minimum absolute atomic E-state index is 0.617. The van der Waals surface area contributed by atoms with Crippen LogP contribution in [0, 0.1) is 0 Å². The van der Waals surface area contributed by atoms with Crippen LogP contribution in [0.15, 0.2) is 29.8 Å². The lowest BCUT2D eigenvalue weighted by Gasteiger charge is -2.15. The molecular weight excluding hydrogens is 220 g/mol. The van der Waals surface area contributed by atoms with Crippen LogP contribution in [0.5, 0.6) is 0 Å². The second-order valence-electron chi connectivity index (χ2n) is 2.71. The third-order valence-corrected chi connectivity index (χ3v) is 2.57. The van der Waals surface area contributed by atoms with Gasteiger partial charge in [0.2, 0.25) is 0 Å². The third-order valence-electron chi connectivity index (χ3n) is 1.79. The molecule has 0 N–H and O–H groups in total. The highest BCUT2D eigenvalue weighted by Gasteiger charge is 2.13. The van der Waals surface area contributed by atoms with E-state index in [1.807, 2.05) is 23.4 Å². The second-order valence-corrected chi connectivity index (χ2v) is 3.92. The number of aromatic nitrogens is 2. The normalized spacial score (nSPS) is 15.3. The van der Waals surface area contributed by atoms with Crippen molar-refractivity contribution in [3.63, 3.8) is 0 Å². The smallest absolute Gasteiger partial charge is 0.189 e. The Hall–Kier alpha value is -0.940. The molecule has 0 saturated carbocycles. The first kappa shape index (κ1) is 9.61. The fraction of sp³-hybridized carbons (Fsp3) is 0.250. The van der Waals surface area contributed by atoms with Crippen LogP contribution in [-0.2, 0) is 0 Å². The van der Waals surface area contributed by atoms with Crippen molar-refractivity contribution >= 4 is 29.4 Å². The molecule has 6 heteroatoms. The highest BCUT2D eigenvalue weighted by atomic mass is 35.5. The Morgan fingerprint density at radius 1 is 1.50 bits per heavy atom. The van der Waals surface area contributed by atoms with Crippen molar-refractivity contribution in [2.24, 2.45) is 0 Å². The van der Waals surface area contributed by atoms with Gasteiger partial charge in [0, 0.05) is 30.4 Å². The maximum atomic E-state index is 5.79. The van der Waals surface area contributed by atoms with Crippen molar-refractivity contribution < 1.29 is 0 Å². The van der Waals surface area contributed by atoms with Crippen LogP contribution in [0.4, 0.5) is 5.82 Å². The van der Waals surface area contributed by atoms with Crippen molar-refractivity contribution in [2.75, 3.05) is 17.8 Å². The van der Waals surface area contributed by atoms with Gasteiger partial charge in [0.15, 0.2) is 5.16 Å². The van der Waals surface area contributed by atoms with Crippen LogP contribution >= 0.6 is 23.5 Å². The largest absolute Gasteiger partial charge is 0.312 e. The number of anilines is 1. The van der Waals surface area contributed by atoms with E-state index in [2.05, 4.69) is 9.97 Å². The summed E-state index contributed by atoms with van der Waals surface area (Å²) in [7, 11) is 0. The van der Waals surface area contributed by atoms with E-state index in [1.165, 1.54) is 11.8 Å². The number of thioether (sulfide) groups is 1. The average molecular weight is 229 g/mol. The van der Waals surface area contributed by atoms with E-state index in [1.54, 1.807) is 16.8 Å². The molecule has 14 heavy (non-hydrogen) atoms. The maximum absolute atomic E-state index is 5.79. The van der Waals surface area contributed by atoms with Crippen LogP contribution in [0.2, 0.25) is 0 Å². The summed E-state index contributed by atoms with van der Waals surface area (Å²) in [5.41, 5.74) is 0. The number of nitrogens with zero attached hydrogens (tertiary/aromatic N) is 4. The number of hydrogen-bond donors (Lipinski definition) is 0. The van der Waals surface area contributed by atoms with E-state index in [4.69, 9.17) is 11.8 Å². The molecule has 0 bridgehead atoms. The molecule has 0 unspecified atom stereocenters. The highest BCUT2D eigenvalue weighted by Crippen LogP contribution is 2.19. The Kier molecular flexibility index (Phi) is 2.79. The van der Waals surface area contributed by atoms with Gasteiger partial charge in [0.1, 0.15) is 12.5 Å². The van der Waals surface area contributed by atoms with Crippen LogP contribution in [0.1, 0.15) is 0 Å². The highest BCUT2D eigenvalue weighted by molar-refractivity contribution is 7.98. The van der Waals surface area contributed by atoms with Gasteiger partial charge in [-0.05, 0) is 12.3 Å². The molecule has 0 spiro atoms. The molecule has 4 nitrogen and oxygen atoms in total. The fourth-order valence-corrected chi connectivity index (χ4v) is 1.65. The third kappa shape index (κ3) is 1.93. The van der Waals surface area contributed by atoms with Crippen LogP contribution in [0.3, 0.4) is 0 Å². The molecular formula is C8H9ClN4S.